The van der Waals surface area contributed by atoms with E-state index in [9.17, 15) is 13.2 Å². The highest BCUT2D eigenvalue weighted by atomic mass is 35.5. The largest absolute Gasteiger partial charge is 0.444 e. The second-order valence-electron chi connectivity index (χ2n) is 2.43. The molecule has 1 heterocycles. The summed E-state index contributed by atoms with van der Waals surface area (Å²) < 4.78 is 35.7. The summed E-state index contributed by atoms with van der Waals surface area (Å²) in [5.74, 6) is -0.169. The van der Waals surface area contributed by atoms with Gasteiger partial charge in [-0.25, -0.2) is 4.99 Å². The molecule has 0 atom stereocenters. The summed E-state index contributed by atoms with van der Waals surface area (Å²) in [5, 5.41) is 5.48. The molecule has 0 fully saturated rings. The monoisotopic (exact) mass is 223 g/mol. The molecule has 7 heteroatoms. The lowest BCUT2D eigenvalue weighted by atomic mass is 10.4. The van der Waals surface area contributed by atoms with Gasteiger partial charge in [0.2, 0.25) is 5.17 Å². The maximum Gasteiger partial charge on any atom is 0.444 e. The predicted octanol–water partition coefficient (Wildman–Crippen LogP) is 2.62. The third-order valence-corrected chi connectivity index (χ3v) is 1.53. The first kappa shape index (κ1) is 10.9. The summed E-state index contributed by atoms with van der Waals surface area (Å²) in [4.78, 5) is 3.05. The fourth-order valence-corrected chi connectivity index (χ4v) is 0.702. The molecule has 3 nitrogen and oxygen atoms in total. The van der Waals surface area contributed by atoms with Crippen molar-refractivity contribution in [2.75, 3.05) is 0 Å². The van der Waals surface area contributed by atoms with E-state index in [1.54, 1.807) is 6.92 Å². The van der Waals surface area contributed by atoms with Gasteiger partial charge in [-0.15, -0.1) is 5.10 Å². The summed E-state index contributed by atoms with van der Waals surface area (Å²) in [5.41, 5.74) is 0.590. The van der Waals surface area contributed by atoms with E-state index in [1.807, 2.05) is 0 Å². The first-order valence-electron chi connectivity index (χ1n) is 3.51. The van der Waals surface area contributed by atoms with Crippen molar-refractivity contribution >= 4 is 22.6 Å². The molecule has 0 unspecified atom stereocenters. The molecular formula is C7H5ClF3N3. The van der Waals surface area contributed by atoms with Crippen LogP contribution in [-0.4, -0.2) is 21.5 Å². The van der Waals surface area contributed by atoms with Crippen molar-refractivity contribution in [3.8, 4) is 0 Å². The van der Waals surface area contributed by atoms with Crippen LogP contribution in [0.25, 0.3) is 0 Å². The highest BCUT2D eigenvalue weighted by molar-refractivity contribution is 6.67. The second-order valence-corrected chi connectivity index (χ2v) is 2.79. The molecular weight excluding hydrogens is 219 g/mol. The Balaban J connectivity index is 2.93. The van der Waals surface area contributed by atoms with Crippen LogP contribution >= 0.6 is 11.6 Å². The normalized spacial score (nSPS) is 13.1. The Morgan fingerprint density at radius 1 is 1.36 bits per heavy atom. The van der Waals surface area contributed by atoms with E-state index in [-0.39, 0.29) is 5.82 Å². The van der Waals surface area contributed by atoms with E-state index in [4.69, 9.17) is 11.6 Å². The van der Waals surface area contributed by atoms with E-state index >= 15 is 0 Å². The summed E-state index contributed by atoms with van der Waals surface area (Å²) in [6.07, 6.45) is -4.64. The first-order chi connectivity index (χ1) is 6.39. The van der Waals surface area contributed by atoms with Gasteiger partial charge in [0.1, 0.15) is 0 Å². The number of hydrogen-bond acceptors (Lipinski definition) is 3. The van der Waals surface area contributed by atoms with Gasteiger partial charge in [0, 0.05) is 0 Å². The lowest BCUT2D eigenvalue weighted by molar-refractivity contribution is -0.0558. The third kappa shape index (κ3) is 2.95. The number of halogens is 4. The van der Waals surface area contributed by atoms with Crippen molar-refractivity contribution < 1.29 is 13.2 Å². The van der Waals surface area contributed by atoms with E-state index in [2.05, 4.69) is 15.2 Å². The average Bonchev–Trinajstić information content (AvgIpc) is 2.07. The van der Waals surface area contributed by atoms with Crippen molar-refractivity contribution in [3.63, 3.8) is 0 Å². The van der Waals surface area contributed by atoms with Crippen molar-refractivity contribution in [3.05, 3.63) is 17.8 Å². The zero-order valence-corrected chi connectivity index (χ0v) is 7.76. The number of aromatic nitrogens is 2. The molecule has 0 aliphatic carbocycles. The van der Waals surface area contributed by atoms with Crippen LogP contribution in [0.4, 0.5) is 19.0 Å². The molecule has 76 valence electrons. The van der Waals surface area contributed by atoms with Crippen LogP contribution in [0.1, 0.15) is 5.69 Å². The van der Waals surface area contributed by atoms with Gasteiger partial charge in [0.05, 0.1) is 5.69 Å². The maximum absolute atomic E-state index is 11.9. The molecule has 1 aromatic rings. The topological polar surface area (TPSA) is 38.1 Å². The van der Waals surface area contributed by atoms with E-state index < -0.39 is 11.3 Å². The molecule has 0 amide bonds. The Hall–Kier alpha value is -1.17. The summed E-state index contributed by atoms with van der Waals surface area (Å²) >= 11 is 4.89. The van der Waals surface area contributed by atoms with Crippen LogP contribution in [-0.2, 0) is 0 Å². The first-order valence-corrected chi connectivity index (χ1v) is 3.89. The van der Waals surface area contributed by atoms with E-state index in [0.717, 1.165) is 0 Å². The standard InChI is InChI=1S/C7H5ClF3N3/c1-4-2-3-5(14-13-4)12-6(8)7(9,10)11/h2-3H,1H3. The van der Waals surface area contributed by atoms with Gasteiger partial charge < -0.3 is 0 Å². The van der Waals surface area contributed by atoms with Gasteiger partial charge in [-0.1, -0.05) is 11.6 Å². The number of rotatable bonds is 1. The van der Waals surface area contributed by atoms with Crippen LogP contribution in [0.15, 0.2) is 17.1 Å². The van der Waals surface area contributed by atoms with Gasteiger partial charge in [-0.3, -0.25) is 0 Å². The molecule has 14 heavy (non-hydrogen) atoms. The van der Waals surface area contributed by atoms with Crippen LogP contribution < -0.4 is 0 Å². The van der Waals surface area contributed by atoms with Crippen LogP contribution in [0.3, 0.4) is 0 Å². The molecule has 0 saturated carbocycles. The molecule has 0 aliphatic rings. The molecule has 0 bridgehead atoms. The molecule has 0 N–H and O–H groups in total. The Labute approximate surface area is 82.6 Å². The van der Waals surface area contributed by atoms with Crippen molar-refractivity contribution in [1.82, 2.24) is 10.2 Å². The SMILES string of the molecule is Cc1ccc(N=C(Cl)C(F)(F)F)nn1. The van der Waals surface area contributed by atoms with Crippen molar-refractivity contribution in [1.29, 1.82) is 0 Å². The molecule has 1 rings (SSSR count). The second kappa shape index (κ2) is 3.91. The molecule has 0 aromatic carbocycles. The van der Waals surface area contributed by atoms with E-state index in [0.29, 0.717) is 5.69 Å². The van der Waals surface area contributed by atoms with Gasteiger partial charge in [-0.2, -0.15) is 18.3 Å². The van der Waals surface area contributed by atoms with Crippen LogP contribution in [0.2, 0.25) is 0 Å². The zero-order chi connectivity index (χ0) is 10.8. The minimum Gasteiger partial charge on any atom is -0.210 e. The van der Waals surface area contributed by atoms with Crippen molar-refractivity contribution in [2.45, 2.75) is 13.1 Å². The fourth-order valence-electron chi connectivity index (χ4n) is 0.615. The minimum atomic E-state index is -4.64. The third-order valence-electron chi connectivity index (χ3n) is 1.23. The number of alkyl halides is 3. The highest BCUT2D eigenvalue weighted by Crippen LogP contribution is 2.22. The molecule has 0 radical (unpaired) electrons. The predicted molar refractivity (Wildman–Crippen MR) is 45.8 cm³/mol. The Bertz CT molecular complexity index is 344. The summed E-state index contributed by atoms with van der Waals surface area (Å²) in [7, 11) is 0. The van der Waals surface area contributed by atoms with Crippen LogP contribution in [0.5, 0.6) is 0 Å². The molecule has 1 aromatic heterocycles. The quantitative estimate of drug-likeness (QED) is 0.687. The number of hydrogen-bond donors (Lipinski definition) is 0. The maximum atomic E-state index is 11.9. The Morgan fingerprint density at radius 3 is 2.43 bits per heavy atom. The molecule has 0 saturated heterocycles. The zero-order valence-electron chi connectivity index (χ0n) is 7.01. The molecule has 0 aliphatic heterocycles. The Kier molecular flexibility index (Phi) is 3.05. The number of aryl methyl sites for hydroxylation is 1. The lowest BCUT2D eigenvalue weighted by Gasteiger charge is -2.01. The van der Waals surface area contributed by atoms with Gasteiger partial charge >= 0.3 is 6.18 Å². The average molecular weight is 224 g/mol. The smallest absolute Gasteiger partial charge is 0.210 e. The van der Waals surface area contributed by atoms with Crippen molar-refractivity contribution in [2.24, 2.45) is 4.99 Å². The number of aliphatic imine (C=N–C) groups is 1. The van der Waals surface area contributed by atoms with E-state index in [1.165, 1.54) is 12.1 Å². The highest BCUT2D eigenvalue weighted by Gasteiger charge is 2.34. The van der Waals surface area contributed by atoms with Gasteiger partial charge in [-0.05, 0) is 19.1 Å². The van der Waals surface area contributed by atoms with Gasteiger partial charge in [0.25, 0.3) is 0 Å². The van der Waals surface area contributed by atoms with Crippen LogP contribution in [0, 0.1) is 6.92 Å². The summed E-state index contributed by atoms with van der Waals surface area (Å²) in [6, 6.07) is 2.79. The lowest BCUT2D eigenvalue weighted by Crippen LogP contribution is -2.16. The Morgan fingerprint density at radius 2 is 2.00 bits per heavy atom. The fraction of sp³-hybridized carbons (Fsp3) is 0.286. The molecule has 0 spiro atoms. The van der Waals surface area contributed by atoms with Gasteiger partial charge in [0.15, 0.2) is 5.82 Å². The minimum absolute atomic E-state index is 0.169. The summed E-state index contributed by atoms with van der Waals surface area (Å²) in [6.45, 7) is 1.66. The number of nitrogens with zero attached hydrogens (tertiary/aromatic N) is 3.